The van der Waals surface area contributed by atoms with Gasteiger partial charge in [-0.3, -0.25) is 14.6 Å². The molecule has 2 unspecified atom stereocenters. The Morgan fingerprint density at radius 2 is 2.16 bits per heavy atom. The summed E-state index contributed by atoms with van der Waals surface area (Å²) in [6.07, 6.45) is 6.22. The van der Waals surface area contributed by atoms with Crippen molar-refractivity contribution < 1.29 is 4.79 Å². The summed E-state index contributed by atoms with van der Waals surface area (Å²) in [6.45, 7) is 6.81. The summed E-state index contributed by atoms with van der Waals surface area (Å²) in [5.41, 5.74) is 3.76. The van der Waals surface area contributed by atoms with Crippen LogP contribution in [0.4, 0.5) is 0 Å². The summed E-state index contributed by atoms with van der Waals surface area (Å²) < 4.78 is 1.96. The van der Waals surface area contributed by atoms with Crippen LogP contribution in [0.1, 0.15) is 65.2 Å². The summed E-state index contributed by atoms with van der Waals surface area (Å²) >= 11 is 0. The van der Waals surface area contributed by atoms with Crippen molar-refractivity contribution in [3.05, 3.63) is 34.9 Å². The van der Waals surface area contributed by atoms with E-state index >= 15 is 0 Å². The van der Waals surface area contributed by atoms with Crippen LogP contribution in [-0.2, 0) is 0 Å². The molecule has 0 aliphatic carbocycles. The first-order valence-corrected chi connectivity index (χ1v) is 9.23. The third-order valence-corrected chi connectivity index (χ3v) is 5.50. The third-order valence-electron chi connectivity index (χ3n) is 5.50. The van der Waals surface area contributed by atoms with E-state index in [-0.39, 0.29) is 11.9 Å². The van der Waals surface area contributed by atoms with Crippen LogP contribution in [0.15, 0.2) is 12.3 Å². The molecule has 2 aromatic rings. The lowest BCUT2D eigenvalue weighted by Gasteiger charge is -2.25. The molecule has 2 saturated heterocycles. The number of amides is 1. The zero-order valence-corrected chi connectivity index (χ0v) is 15.0. The van der Waals surface area contributed by atoms with E-state index in [9.17, 15) is 4.79 Å². The molecule has 4 rings (SSSR count). The van der Waals surface area contributed by atoms with Gasteiger partial charge in [-0.05, 0) is 52.1 Å². The predicted octanol–water partition coefficient (Wildman–Crippen LogP) is 2.12. The van der Waals surface area contributed by atoms with Gasteiger partial charge in [0, 0.05) is 30.5 Å². The second-order valence-electron chi connectivity index (χ2n) is 7.19. The van der Waals surface area contributed by atoms with E-state index in [4.69, 9.17) is 0 Å². The Hall–Kier alpha value is -2.15. The van der Waals surface area contributed by atoms with E-state index < -0.39 is 0 Å². The maximum atomic E-state index is 13.1. The molecule has 2 N–H and O–H groups in total. The van der Waals surface area contributed by atoms with E-state index in [1.54, 1.807) is 0 Å². The number of aromatic amines is 1. The molecule has 0 radical (unpaired) electrons. The minimum Gasteiger partial charge on any atom is -0.330 e. The zero-order valence-electron chi connectivity index (χ0n) is 15.0. The number of hydrogen-bond acceptors (Lipinski definition) is 4. The fourth-order valence-electron chi connectivity index (χ4n) is 4.22. The van der Waals surface area contributed by atoms with Crippen LogP contribution in [-0.4, -0.2) is 50.4 Å². The first-order chi connectivity index (χ1) is 12.1. The lowest BCUT2D eigenvalue weighted by atomic mass is 10.0. The van der Waals surface area contributed by atoms with Crippen LogP contribution in [0.3, 0.4) is 0 Å². The van der Waals surface area contributed by atoms with Crippen LogP contribution in [0.5, 0.6) is 0 Å². The average Bonchev–Trinajstić information content (AvgIpc) is 3.35. The van der Waals surface area contributed by atoms with Gasteiger partial charge in [-0.1, -0.05) is 0 Å². The van der Waals surface area contributed by atoms with Gasteiger partial charge in [0.15, 0.2) is 0 Å². The minimum absolute atomic E-state index is 0.0324. The number of likely N-dealkylation sites (tertiary alicyclic amines) is 1. The van der Waals surface area contributed by atoms with Crippen molar-refractivity contribution in [2.75, 3.05) is 19.6 Å². The van der Waals surface area contributed by atoms with Crippen LogP contribution in [0, 0.1) is 13.8 Å². The number of aromatic nitrogens is 4. The standard InChI is InChI=1S/C18H26N6O/c1-12-17(13(2)21-20-12)16-6-4-9-23(16)18(25)15-7-10-24(22-15)14-5-3-8-19-11-14/h7,10,14,16,19H,3-6,8-9,11H2,1-2H3,(H,20,21). The topological polar surface area (TPSA) is 78.8 Å². The van der Waals surface area contributed by atoms with Crippen LogP contribution in [0.25, 0.3) is 0 Å². The van der Waals surface area contributed by atoms with Crippen molar-refractivity contribution in [3.63, 3.8) is 0 Å². The Kier molecular flexibility index (Phi) is 4.33. The quantitative estimate of drug-likeness (QED) is 0.895. The Bertz CT molecular complexity index is 738. The summed E-state index contributed by atoms with van der Waals surface area (Å²) in [5.74, 6) is 0.0324. The highest BCUT2D eigenvalue weighted by atomic mass is 16.2. The number of nitrogens with zero attached hydrogens (tertiary/aromatic N) is 4. The van der Waals surface area contributed by atoms with Crippen molar-refractivity contribution in [3.8, 4) is 0 Å². The Morgan fingerprint density at radius 3 is 2.88 bits per heavy atom. The highest BCUT2D eigenvalue weighted by Crippen LogP contribution is 2.35. The van der Waals surface area contributed by atoms with Gasteiger partial charge in [0.2, 0.25) is 0 Å². The van der Waals surface area contributed by atoms with Crippen molar-refractivity contribution in [2.45, 2.75) is 51.6 Å². The number of H-pyrrole nitrogens is 1. The number of aryl methyl sites for hydroxylation is 2. The first kappa shape index (κ1) is 16.3. The Morgan fingerprint density at radius 1 is 1.28 bits per heavy atom. The van der Waals surface area contributed by atoms with Crippen molar-refractivity contribution in [1.29, 1.82) is 0 Å². The molecular formula is C18H26N6O. The molecule has 4 heterocycles. The van der Waals surface area contributed by atoms with Gasteiger partial charge in [-0.25, -0.2) is 0 Å². The molecular weight excluding hydrogens is 316 g/mol. The lowest BCUT2D eigenvalue weighted by Crippen LogP contribution is -2.33. The zero-order chi connectivity index (χ0) is 17.4. The van der Waals surface area contributed by atoms with Crippen LogP contribution < -0.4 is 5.32 Å². The maximum absolute atomic E-state index is 13.1. The molecule has 2 atom stereocenters. The predicted molar refractivity (Wildman–Crippen MR) is 94.4 cm³/mol. The molecule has 0 bridgehead atoms. The summed E-state index contributed by atoms with van der Waals surface area (Å²) in [7, 11) is 0. The van der Waals surface area contributed by atoms with Gasteiger partial charge in [-0.15, -0.1) is 0 Å². The van der Waals surface area contributed by atoms with Gasteiger partial charge in [0.05, 0.1) is 17.8 Å². The van der Waals surface area contributed by atoms with E-state index in [1.807, 2.05) is 35.7 Å². The van der Waals surface area contributed by atoms with E-state index in [0.717, 1.165) is 56.7 Å². The first-order valence-electron chi connectivity index (χ1n) is 9.23. The van der Waals surface area contributed by atoms with Gasteiger partial charge < -0.3 is 10.2 Å². The fourth-order valence-corrected chi connectivity index (χ4v) is 4.22. The molecule has 1 amide bonds. The maximum Gasteiger partial charge on any atom is 0.274 e. The number of carbonyl (C=O) groups excluding carboxylic acids is 1. The van der Waals surface area contributed by atoms with Gasteiger partial charge in [0.1, 0.15) is 5.69 Å². The largest absolute Gasteiger partial charge is 0.330 e. The second-order valence-corrected chi connectivity index (χ2v) is 7.19. The minimum atomic E-state index is 0.0324. The van der Waals surface area contributed by atoms with Crippen LogP contribution in [0.2, 0.25) is 0 Å². The van der Waals surface area contributed by atoms with Gasteiger partial charge in [-0.2, -0.15) is 10.2 Å². The lowest BCUT2D eigenvalue weighted by molar-refractivity contribution is 0.0727. The Labute approximate surface area is 147 Å². The van der Waals surface area contributed by atoms with Crippen molar-refractivity contribution in [2.24, 2.45) is 0 Å². The third kappa shape index (κ3) is 2.97. The molecule has 0 saturated carbocycles. The average molecular weight is 342 g/mol. The van der Waals surface area contributed by atoms with Crippen LogP contribution >= 0.6 is 0 Å². The molecule has 0 aromatic carbocycles. The Balaban J connectivity index is 1.55. The molecule has 2 aromatic heterocycles. The number of piperidine rings is 1. The smallest absolute Gasteiger partial charge is 0.274 e. The van der Waals surface area contributed by atoms with Gasteiger partial charge >= 0.3 is 0 Å². The number of rotatable bonds is 3. The van der Waals surface area contributed by atoms with E-state index in [2.05, 4.69) is 20.6 Å². The molecule has 0 spiro atoms. The molecule has 2 fully saturated rings. The highest BCUT2D eigenvalue weighted by molar-refractivity contribution is 5.92. The van der Waals surface area contributed by atoms with Crippen molar-refractivity contribution >= 4 is 5.91 Å². The number of hydrogen-bond donors (Lipinski definition) is 2. The molecule has 7 heteroatoms. The highest BCUT2D eigenvalue weighted by Gasteiger charge is 2.34. The summed E-state index contributed by atoms with van der Waals surface area (Å²) in [4.78, 5) is 15.0. The molecule has 2 aliphatic heterocycles. The monoisotopic (exact) mass is 342 g/mol. The molecule has 25 heavy (non-hydrogen) atoms. The second kappa shape index (κ2) is 6.63. The molecule has 134 valence electrons. The summed E-state index contributed by atoms with van der Waals surface area (Å²) in [6, 6.07) is 2.32. The molecule has 2 aliphatic rings. The number of nitrogens with one attached hydrogen (secondary N) is 2. The van der Waals surface area contributed by atoms with E-state index in [0.29, 0.717) is 11.7 Å². The molecule has 7 nitrogen and oxygen atoms in total. The number of carbonyl (C=O) groups is 1. The van der Waals surface area contributed by atoms with E-state index in [1.165, 1.54) is 5.56 Å². The van der Waals surface area contributed by atoms with Crippen molar-refractivity contribution in [1.82, 2.24) is 30.2 Å². The SMILES string of the molecule is Cc1n[nH]c(C)c1C1CCCN1C(=O)c1ccn(C2CCCNC2)n1. The summed E-state index contributed by atoms with van der Waals surface area (Å²) in [5, 5.41) is 15.3. The fraction of sp³-hybridized carbons (Fsp3) is 0.611. The van der Waals surface area contributed by atoms with Gasteiger partial charge in [0.25, 0.3) is 5.91 Å². The normalized spacial score (nSPS) is 24.0.